The summed E-state index contributed by atoms with van der Waals surface area (Å²) < 4.78 is 20.9. The summed E-state index contributed by atoms with van der Waals surface area (Å²) in [6.45, 7) is 1.80. The number of halogens is 3. The molecule has 0 atom stereocenters. The second-order valence-electron chi connectivity index (χ2n) is 4.60. The molecule has 0 aliphatic carbocycles. The van der Waals surface area contributed by atoms with Crippen LogP contribution in [0.25, 0.3) is 16.7 Å². The van der Waals surface area contributed by atoms with Gasteiger partial charge >= 0.3 is 5.97 Å². The lowest BCUT2D eigenvalue weighted by atomic mass is 10.2. The highest BCUT2D eigenvalue weighted by Gasteiger charge is 2.25. The number of hydrogen-bond acceptors (Lipinski definition) is 5. The molecule has 0 unspecified atom stereocenters. The van der Waals surface area contributed by atoms with Gasteiger partial charge in [-0.2, -0.15) is 5.10 Å². The van der Waals surface area contributed by atoms with Crippen LogP contribution in [0.15, 0.2) is 34.9 Å². The number of aromatic nitrogens is 3. The van der Waals surface area contributed by atoms with E-state index in [9.17, 15) is 14.3 Å². The van der Waals surface area contributed by atoms with Gasteiger partial charge in [0.05, 0.1) is 6.61 Å². The predicted molar refractivity (Wildman–Crippen MR) is 91.4 cm³/mol. The Morgan fingerprint density at radius 1 is 1.38 bits per heavy atom. The maximum absolute atomic E-state index is 14.3. The highest BCUT2D eigenvalue weighted by Crippen LogP contribution is 2.28. The van der Waals surface area contributed by atoms with Crippen LogP contribution in [0.1, 0.15) is 17.4 Å². The van der Waals surface area contributed by atoms with E-state index >= 15 is 0 Å². The summed E-state index contributed by atoms with van der Waals surface area (Å²) in [5.74, 6) is -1.44. The van der Waals surface area contributed by atoms with Gasteiger partial charge in [-0.3, -0.25) is 4.98 Å². The molecule has 2 heterocycles. The van der Waals surface area contributed by atoms with Crippen LogP contribution in [0.5, 0.6) is 5.75 Å². The lowest BCUT2D eigenvalue weighted by Gasteiger charge is -2.08. The Bertz CT molecular complexity index is 916. The SMILES string of the molecule is CCOC(=O)c1c2nccc(O)c2nn1-c1ccc(Br)cc1F.Cl. The molecule has 0 saturated heterocycles. The molecule has 24 heavy (non-hydrogen) atoms. The van der Waals surface area contributed by atoms with Crippen molar-refractivity contribution in [3.05, 3.63) is 46.4 Å². The number of ether oxygens (including phenoxy) is 1. The summed E-state index contributed by atoms with van der Waals surface area (Å²) in [6.07, 6.45) is 1.34. The molecule has 0 fully saturated rings. The van der Waals surface area contributed by atoms with Crippen LogP contribution in [0, 0.1) is 5.82 Å². The monoisotopic (exact) mass is 415 g/mol. The number of esters is 1. The summed E-state index contributed by atoms with van der Waals surface area (Å²) >= 11 is 3.17. The molecule has 6 nitrogen and oxygen atoms in total. The fourth-order valence-corrected chi connectivity index (χ4v) is 2.51. The first-order valence-electron chi connectivity index (χ1n) is 6.72. The van der Waals surface area contributed by atoms with E-state index in [1.807, 2.05) is 0 Å². The van der Waals surface area contributed by atoms with Crippen molar-refractivity contribution < 1.29 is 19.0 Å². The first kappa shape index (κ1) is 18.2. The Hall–Kier alpha value is -2.19. The van der Waals surface area contributed by atoms with E-state index in [0.717, 1.165) is 4.68 Å². The first-order chi connectivity index (χ1) is 11.0. The van der Waals surface area contributed by atoms with Crippen molar-refractivity contribution in [3.8, 4) is 11.4 Å². The standard InChI is InChI=1S/C15H11BrFN3O3.ClH/c1-2-23-15(22)14-13-12(11(21)5-6-18-13)19-20(14)10-4-3-8(16)7-9(10)17;/h3-7,21H,2H2,1H3;1H. The molecule has 0 saturated carbocycles. The second-order valence-corrected chi connectivity index (χ2v) is 5.52. The summed E-state index contributed by atoms with van der Waals surface area (Å²) in [6, 6.07) is 5.68. The molecule has 1 N–H and O–H groups in total. The maximum atomic E-state index is 14.3. The third-order valence-electron chi connectivity index (χ3n) is 3.15. The third-order valence-corrected chi connectivity index (χ3v) is 3.64. The topological polar surface area (TPSA) is 77.2 Å². The molecule has 0 bridgehead atoms. The number of pyridine rings is 1. The quantitative estimate of drug-likeness (QED) is 0.660. The molecule has 2 aromatic heterocycles. The van der Waals surface area contributed by atoms with Gasteiger partial charge in [0.2, 0.25) is 0 Å². The fourth-order valence-electron chi connectivity index (χ4n) is 2.18. The van der Waals surface area contributed by atoms with Gasteiger partial charge in [0, 0.05) is 16.7 Å². The van der Waals surface area contributed by atoms with Gasteiger partial charge in [-0.05, 0) is 25.1 Å². The zero-order valence-electron chi connectivity index (χ0n) is 12.4. The zero-order valence-corrected chi connectivity index (χ0v) is 14.8. The summed E-state index contributed by atoms with van der Waals surface area (Å²) in [5, 5.41) is 14.0. The Kier molecular flexibility index (Phi) is 5.40. The van der Waals surface area contributed by atoms with Crippen molar-refractivity contribution in [1.82, 2.24) is 14.8 Å². The van der Waals surface area contributed by atoms with Gasteiger partial charge in [-0.25, -0.2) is 13.9 Å². The Balaban J connectivity index is 0.00000208. The number of hydrogen-bond donors (Lipinski definition) is 1. The molecule has 0 aliphatic heterocycles. The fraction of sp³-hybridized carbons (Fsp3) is 0.133. The van der Waals surface area contributed by atoms with Crippen LogP contribution in [0.2, 0.25) is 0 Å². The summed E-state index contributed by atoms with van der Waals surface area (Å²) in [5.41, 5.74) is 0.247. The van der Waals surface area contributed by atoms with E-state index < -0.39 is 11.8 Å². The molecular weight excluding hydrogens is 405 g/mol. The molecule has 0 amide bonds. The van der Waals surface area contributed by atoms with E-state index in [2.05, 4.69) is 26.0 Å². The lowest BCUT2D eigenvalue weighted by molar-refractivity contribution is 0.0517. The van der Waals surface area contributed by atoms with Gasteiger partial charge in [0.15, 0.2) is 11.2 Å². The minimum absolute atomic E-state index is 0. The Morgan fingerprint density at radius 3 is 2.79 bits per heavy atom. The smallest absolute Gasteiger partial charge is 0.359 e. The second kappa shape index (κ2) is 7.14. The van der Waals surface area contributed by atoms with Gasteiger partial charge in [0.1, 0.15) is 22.8 Å². The molecule has 0 spiro atoms. The van der Waals surface area contributed by atoms with E-state index in [1.54, 1.807) is 13.0 Å². The van der Waals surface area contributed by atoms with Gasteiger partial charge < -0.3 is 9.84 Å². The van der Waals surface area contributed by atoms with Crippen LogP contribution >= 0.6 is 28.3 Å². The summed E-state index contributed by atoms with van der Waals surface area (Å²) in [7, 11) is 0. The van der Waals surface area contributed by atoms with E-state index in [4.69, 9.17) is 4.74 Å². The number of carbonyl (C=O) groups is 1. The maximum Gasteiger partial charge on any atom is 0.359 e. The van der Waals surface area contributed by atoms with Crippen molar-refractivity contribution in [2.45, 2.75) is 6.92 Å². The van der Waals surface area contributed by atoms with Gasteiger partial charge in [-0.1, -0.05) is 15.9 Å². The minimum Gasteiger partial charge on any atom is -0.505 e. The first-order valence-corrected chi connectivity index (χ1v) is 7.51. The van der Waals surface area contributed by atoms with Crippen molar-refractivity contribution >= 4 is 45.3 Å². The van der Waals surface area contributed by atoms with Crippen molar-refractivity contribution in [2.75, 3.05) is 6.61 Å². The molecule has 126 valence electrons. The number of fused-ring (bicyclic) bond motifs is 1. The van der Waals surface area contributed by atoms with Crippen molar-refractivity contribution in [2.24, 2.45) is 0 Å². The Morgan fingerprint density at radius 2 is 2.12 bits per heavy atom. The van der Waals surface area contributed by atoms with E-state index in [0.29, 0.717) is 4.47 Å². The number of carbonyl (C=O) groups excluding carboxylic acids is 1. The molecule has 3 rings (SSSR count). The summed E-state index contributed by atoms with van der Waals surface area (Å²) in [4.78, 5) is 16.3. The number of rotatable bonds is 3. The number of nitrogens with zero attached hydrogens (tertiary/aromatic N) is 3. The highest BCUT2D eigenvalue weighted by atomic mass is 79.9. The van der Waals surface area contributed by atoms with Crippen LogP contribution in [0.3, 0.4) is 0 Å². The van der Waals surface area contributed by atoms with Crippen molar-refractivity contribution in [1.29, 1.82) is 0 Å². The predicted octanol–water partition coefficient (Wildman–Crippen LogP) is 3.63. The van der Waals surface area contributed by atoms with E-state index in [1.165, 1.54) is 24.4 Å². The van der Waals surface area contributed by atoms with Crippen LogP contribution in [-0.2, 0) is 4.74 Å². The number of aromatic hydroxyl groups is 1. The molecule has 1 aromatic carbocycles. The van der Waals surface area contributed by atoms with Gasteiger partial charge in [0.25, 0.3) is 0 Å². The molecule has 9 heteroatoms. The van der Waals surface area contributed by atoms with Crippen LogP contribution in [0.4, 0.5) is 4.39 Å². The average Bonchev–Trinajstić information content (AvgIpc) is 2.88. The zero-order chi connectivity index (χ0) is 16.6. The molecule has 0 aliphatic rings. The van der Waals surface area contributed by atoms with E-state index in [-0.39, 0.29) is 47.2 Å². The van der Waals surface area contributed by atoms with Crippen molar-refractivity contribution in [3.63, 3.8) is 0 Å². The van der Waals surface area contributed by atoms with Gasteiger partial charge in [-0.15, -0.1) is 12.4 Å². The number of benzene rings is 1. The largest absolute Gasteiger partial charge is 0.505 e. The lowest BCUT2D eigenvalue weighted by Crippen LogP contribution is -2.13. The third kappa shape index (κ3) is 3.07. The van der Waals surface area contributed by atoms with Crippen LogP contribution in [-0.4, -0.2) is 32.4 Å². The Labute approximate surface area is 150 Å². The normalized spacial score (nSPS) is 10.5. The molecular formula is C15H12BrClFN3O3. The molecule has 3 aromatic rings. The highest BCUT2D eigenvalue weighted by molar-refractivity contribution is 9.10. The van der Waals surface area contributed by atoms with Crippen LogP contribution < -0.4 is 0 Å². The molecule has 0 radical (unpaired) electrons. The minimum atomic E-state index is -0.699. The average molecular weight is 417 g/mol.